The Bertz CT molecular complexity index is 233. The quantitative estimate of drug-likeness (QED) is 0.549. The van der Waals surface area contributed by atoms with Crippen LogP contribution in [0.1, 0.15) is 13.3 Å². The fourth-order valence-electron chi connectivity index (χ4n) is 1.09. The molecule has 0 heterocycles. The van der Waals surface area contributed by atoms with Crippen molar-refractivity contribution in [3.8, 4) is 0 Å². The molecule has 0 aliphatic heterocycles. The van der Waals surface area contributed by atoms with Gasteiger partial charge in [0.15, 0.2) is 5.78 Å². The summed E-state index contributed by atoms with van der Waals surface area (Å²) in [7, 11) is 0. The van der Waals surface area contributed by atoms with Crippen LogP contribution in [-0.4, -0.2) is 5.78 Å². The maximum atomic E-state index is 11.3. The summed E-state index contributed by atoms with van der Waals surface area (Å²) in [5, 5.41) is 0. The fourth-order valence-corrected chi connectivity index (χ4v) is 1.09. The molecular weight excluding hydrogens is 136 g/mol. The van der Waals surface area contributed by atoms with E-state index in [9.17, 15) is 4.79 Å². The van der Waals surface area contributed by atoms with Gasteiger partial charge >= 0.3 is 0 Å². The summed E-state index contributed by atoms with van der Waals surface area (Å²) in [4.78, 5) is 11.3. The number of ketones is 1. The summed E-state index contributed by atoms with van der Waals surface area (Å²) in [6.07, 6.45) is 8.63. The molecule has 1 rings (SSSR count). The third kappa shape index (κ3) is 1.90. The largest absolute Gasteiger partial charge is 0.294 e. The first-order valence-electron chi connectivity index (χ1n) is 3.75. The maximum Gasteiger partial charge on any atom is 0.165 e. The molecule has 1 unspecified atom stereocenters. The molecule has 1 aliphatic rings. The molecule has 0 aromatic rings. The number of rotatable bonds is 2. The van der Waals surface area contributed by atoms with Crippen LogP contribution in [0.15, 0.2) is 36.5 Å². The van der Waals surface area contributed by atoms with Crippen molar-refractivity contribution in [2.24, 2.45) is 5.92 Å². The van der Waals surface area contributed by atoms with Crippen molar-refractivity contribution in [3.63, 3.8) is 0 Å². The zero-order valence-electron chi connectivity index (χ0n) is 6.71. The average Bonchev–Trinajstić information content (AvgIpc) is 2.05. The molecule has 1 atom stereocenters. The smallest absolute Gasteiger partial charge is 0.165 e. The first-order chi connectivity index (χ1) is 5.22. The molecule has 58 valence electrons. The highest BCUT2D eigenvalue weighted by molar-refractivity contribution is 5.97. The van der Waals surface area contributed by atoms with Gasteiger partial charge in [0.25, 0.3) is 0 Å². The van der Waals surface area contributed by atoms with E-state index >= 15 is 0 Å². The van der Waals surface area contributed by atoms with Crippen molar-refractivity contribution < 1.29 is 4.79 Å². The topological polar surface area (TPSA) is 17.1 Å². The lowest BCUT2D eigenvalue weighted by atomic mass is 9.93. The number of allylic oxidation sites excluding steroid dienone is 5. The van der Waals surface area contributed by atoms with Gasteiger partial charge in [0.2, 0.25) is 0 Å². The Morgan fingerprint density at radius 1 is 1.55 bits per heavy atom. The van der Waals surface area contributed by atoms with E-state index in [0.29, 0.717) is 5.57 Å². The summed E-state index contributed by atoms with van der Waals surface area (Å²) in [6, 6.07) is 0. The first kappa shape index (κ1) is 7.99. The van der Waals surface area contributed by atoms with Gasteiger partial charge in [-0.15, -0.1) is 0 Å². The van der Waals surface area contributed by atoms with Crippen molar-refractivity contribution in [3.05, 3.63) is 36.5 Å². The molecule has 0 amide bonds. The van der Waals surface area contributed by atoms with Crippen LogP contribution >= 0.6 is 0 Å². The maximum absolute atomic E-state index is 11.3. The minimum atomic E-state index is 0.0394. The summed E-state index contributed by atoms with van der Waals surface area (Å²) < 4.78 is 0. The molecule has 1 nitrogen and oxygen atoms in total. The van der Waals surface area contributed by atoms with Gasteiger partial charge in [-0.1, -0.05) is 30.9 Å². The molecule has 11 heavy (non-hydrogen) atoms. The van der Waals surface area contributed by atoms with E-state index in [1.165, 1.54) is 0 Å². The second-order valence-electron chi connectivity index (χ2n) is 2.80. The molecule has 0 aromatic heterocycles. The van der Waals surface area contributed by atoms with Crippen LogP contribution in [0.5, 0.6) is 0 Å². The van der Waals surface area contributed by atoms with Gasteiger partial charge in [0.05, 0.1) is 0 Å². The standard InChI is InChI=1S/C10H12O/c1-8(2)10(11)9-6-4-3-5-7-9/h3-6,9H,1,7H2,2H3. The molecule has 0 spiro atoms. The molecule has 0 bridgehead atoms. The van der Waals surface area contributed by atoms with Crippen LogP contribution in [0.25, 0.3) is 0 Å². The van der Waals surface area contributed by atoms with E-state index in [-0.39, 0.29) is 11.7 Å². The predicted molar refractivity (Wildman–Crippen MR) is 46.2 cm³/mol. The zero-order chi connectivity index (χ0) is 8.27. The van der Waals surface area contributed by atoms with Crippen LogP contribution in [-0.2, 0) is 4.79 Å². The van der Waals surface area contributed by atoms with E-state index in [1.54, 1.807) is 6.92 Å². The predicted octanol–water partition coefficient (Wildman–Crippen LogP) is 2.26. The van der Waals surface area contributed by atoms with Crippen LogP contribution in [0, 0.1) is 5.92 Å². The second-order valence-corrected chi connectivity index (χ2v) is 2.80. The summed E-state index contributed by atoms with van der Waals surface area (Å²) in [5.74, 6) is 0.197. The number of carbonyl (C=O) groups excluding carboxylic acids is 1. The molecule has 1 heteroatoms. The monoisotopic (exact) mass is 148 g/mol. The minimum Gasteiger partial charge on any atom is -0.294 e. The molecule has 0 saturated carbocycles. The van der Waals surface area contributed by atoms with E-state index in [0.717, 1.165) is 6.42 Å². The second kappa shape index (κ2) is 3.33. The molecule has 0 saturated heterocycles. The Labute approximate surface area is 67.1 Å². The lowest BCUT2D eigenvalue weighted by molar-refractivity contribution is -0.117. The number of hydrogen-bond acceptors (Lipinski definition) is 1. The van der Waals surface area contributed by atoms with Crippen molar-refractivity contribution in [1.29, 1.82) is 0 Å². The lowest BCUT2D eigenvalue weighted by Gasteiger charge is -2.10. The minimum absolute atomic E-state index is 0.0394. The van der Waals surface area contributed by atoms with E-state index in [1.807, 2.05) is 24.3 Å². The van der Waals surface area contributed by atoms with Crippen LogP contribution in [0.4, 0.5) is 0 Å². The van der Waals surface area contributed by atoms with Gasteiger partial charge in [-0.2, -0.15) is 0 Å². The van der Waals surface area contributed by atoms with Crippen molar-refractivity contribution >= 4 is 5.78 Å². The highest BCUT2D eigenvalue weighted by Gasteiger charge is 2.14. The highest BCUT2D eigenvalue weighted by Crippen LogP contribution is 2.15. The average molecular weight is 148 g/mol. The third-order valence-corrected chi connectivity index (χ3v) is 1.74. The van der Waals surface area contributed by atoms with E-state index in [2.05, 4.69) is 6.58 Å². The van der Waals surface area contributed by atoms with Gasteiger partial charge in [-0.05, 0) is 18.9 Å². The van der Waals surface area contributed by atoms with Crippen molar-refractivity contribution in [2.75, 3.05) is 0 Å². The SMILES string of the molecule is C=C(C)C(=O)C1C=CC=CC1. The first-order valence-corrected chi connectivity index (χ1v) is 3.75. The normalized spacial score (nSPS) is 21.7. The highest BCUT2D eigenvalue weighted by atomic mass is 16.1. The molecule has 1 aliphatic carbocycles. The Kier molecular flexibility index (Phi) is 2.42. The molecular formula is C10H12O. The molecule has 0 aromatic carbocycles. The summed E-state index contributed by atoms with van der Waals surface area (Å²) >= 11 is 0. The number of Topliss-reactive ketones (excluding diaryl/α,β-unsaturated/α-hetero) is 1. The molecule has 0 N–H and O–H groups in total. The van der Waals surface area contributed by atoms with E-state index < -0.39 is 0 Å². The third-order valence-electron chi connectivity index (χ3n) is 1.74. The van der Waals surface area contributed by atoms with Crippen molar-refractivity contribution in [2.45, 2.75) is 13.3 Å². The fraction of sp³-hybridized carbons (Fsp3) is 0.300. The summed E-state index contributed by atoms with van der Waals surface area (Å²) in [5.41, 5.74) is 0.648. The van der Waals surface area contributed by atoms with E-state index in [4.69, 9.17) is 0 Å². The Hall–Kier alpha value is -1.11. The Balaban J connectivity index is 2.62. The Morgan fingerprint density at radius 2 is 2.27 bits per heavy atom. The number of carbonyl (C=O) groups is 1. The van der Waals surface area contributed by atoms with Gasteiger partial charge in [0.1, 0.15) is 0 Å². The van der Waals surface area contributed by atoms with Crippen LogP contribution in [0.3, 0.4) is 0 Å². The lowest BCUT2D eigenvalue weighted by Crippen LogP contribution is -2.12. The Morgan fingerprint density at radius 3 is 2.73 bits per heavy atom. The van der Waals surface area contributed by atoms with Gasteiger partial charge < -0.3 is 0 Å². The van der Waals surface area contributed by atoms with Crippen LogP contribution in [0.2, 0.25) is 0 Å². The van der Waals surface area contributed by atoms with Gasteiger partial charge in [-0.25, -0.2) is 0 Å². The van der Waals surface area contributed by atoms with Crippen LogP contribution < -0.4 is 0 Å². The van der Waals surface area contributed by atoms with Gasteiger partial charge in [-0.3, -0.25) is 4.79 Å². The summed E-state index contributed by atoms with van der Waals surface area (Å²) in [6.45, 7) is 5.38. The van der Waals surface area contributed by atoms with Gasteiger partial charge in [0, 0.05) is 5.92 Å². The number of hydrogen-bond donors (Lipinski definition) is 0. The zero-order valence-corrected chi connectivity index (χ0v) is 6.71. The molecule has 0 fully saturated rings. The molecule has 0 radical (unpaired) electrons. The van der Waals surface area contributed by atoms with Crippen molar-refractivity contribution in [1.82, 2.24) is 0 Å².